The summed E-state index contributed by atoms with van der Waals surface area (Å²) in [5.41, 5.74) is 0.803. The number of fused-ring (bicyclic) bond motifs is 1. The van der Waals surface area contributed by atoms with Gasteiger partial charge in [-0.2, -0.15) is 0 Å². The van der Waals surface area contributed by atoms with E-state index in [2.05, 4.69) is 15.5 Å². The molecule has 0 saturated carbocycles. The third-order valence-corrected chi connectivity index (χ3v) is 4.07. The van der Waals surface area contributed by atoms with Crippen LogP contribution in [0.15, 0.2) is 53.9 Å². The molecule has 3 rings (SSSR count). The van der Waals surface area contributed by atoms with E-state index in [1.165, 1.54) is 11.8 Å². The summed E-state index contributed by atoms with van der Waals surface area (Å²) in [6.45, 7) is 0. The van der Waals surface area contributed by atoms with Crippen LogP contribution in [0, 0.1) is 0 Å². The molecule has 0 spiro atoms. The highest BCUT2D eigenvalue weighted by Crippen LogP contribution is 2.19. The maximum Gasteiger partial charge on any atom is 0.234 e. The van der Waals surface area contributed by atoms with Gasteiger partial charge in [-0.1, -0.05) is 42.1 Å². The fourth-order valence-electron chi connectivity index (χ4n) is 2.00. The lowest BCUT2D eigenvalue weighted by molar-refractivity contribution is -0.113. The van der Waals surface area contributed by atoms with E-state index >= 15 is 0 Å². The summed E-state index contributed by atoms with van der Waals surface area (Å²) in [4.78, 5) is 12.0. The zero-order valence-electron chi connectivity index (χ0n) is 11.5. The number of hydrogen-bond donors (Lipinski definition) is 1. The standard InChI is InChI=1S/C15H14N4OS/c1-19-10-16-18-15(19)21-9-14(20)17-13-7-6-11-4-2-3-5-12(11)8-13/h2-8,10H,9H2,1H3,(H,17,20). The molecule has 5 nitrogen and oxygen atoms in total. The number of nitrogens with zero attached hydrogens (tertiary/aromatic N) is 3. The first-order chi connectivity index (χ1) is 10.2. The number of carbonyl (C=O) groups excluding carboxylic acids is 1. The van der Waals surface area contributed by atoms with Crippen molar-refractivity contribution in [1.29, 1.82) is 0 Å². The Morgan fingerprint density at radius 2 is 2.05 bits per heavy atom. The molecule has 21 heavy (non-hydrogen) atoms. The molecule has 0 unspecified atom stereocenters. The van der Waals surface area contributed by atoms with Crippen LogP contribution in [0.1, 0.15) is 0 Å². The van der Waals surface area contributed by atoms with Crippen molar-refractivity contribution >= 4 is 34.1 Å². The van der Waals surface area contributed by atoms with Crippen LogP contribution in [0.2, 0.25) is 0 Å². The van der Waals surface area contributed by atoms with E-state index in [0.717, 1.165) is 21.6 Å². The Morgan fingerprint density at radius 3 is 2.81 bits per heavy atom. The average molecular weight is 298 g/mol. The van der Waals surface area contributed by atoms with Crippen molar-refractivity contribution in [2.75, 3.05) is 11.1 Å². The molecular weight excluding hydrogens is 284 g/mol. The topological polar surface area (TPSA) is 59.8 Å². The van der Waals surface area contributed by atoms with Crippen molar-refractivity contribution in [2.24, 2.45) is 7.05 Å². The Labute approximate surface area is 126 Å². The lowest BCUT2D eigenvalue weighted by atomic mass is 10.1. The minimum Gasteiger partial charge on any atom is -0.325 e. The normalized spacial score (nSPS) is 10.7. The van der Waals surface area contributed by atoms with E-state index in [1.54, 1.807) is 10.9 Å². The van der Waals surface area contributed by atoms with Gasteiger partial charge >= 0.3 is 0 Å². The first-order valence-corrected chi connectivity index (χ1v) is 7.46. The van der Waals surface area contributed by atoms with Crippen LogP contribution in [-0.4, -0.2) is 26.4 Å². The maximum absolute atomic E-state index is 12.0. The smallest absolute Gasteiger partial charge is 0.234 e. The van der Waals surface area contributed by atoms with E-state index < -0.39 is 0 Å². The number of hydrogen-bond acceptors (Lipinski definition) is 4. The van der Waals surface area contributed by atoms with Crippen LogP contribution in [0.3, 0.4) is 0 Å². The van der Waals surface area contributed by atoms with Gasteiger partial charge in [0.2, 0.25) is 5.91 Å². The third kappa shape index (κ3) is 3.22. The predicted molar refractivity (Wildman–Crippen MR) is 84.3 cm³/mol. The van der Waals surface area contributed by atoms with Crippen LogP contribution < -0.4 is 5.32 Å². The number of carbonyl (C=O) groups is 1. The minimum atomic E-state index is -0.0571. The molecule has 0 bridgehead atoms. The SMILES string of the molecule is Cn1cnnc1SCC(=O)Nc1ccc2ccccc2c1. The highest BCUT2D eigenvalue weighted by Gasteiger charge is 2.07. The molecule has 0 aliphatic carbocycles. The number of aryl methyl sites for hydroxylation is 1. The van der Waals surface area contributed by atoms with E-state index in [0.29, 0.717) is 5.75 Å². The Kier molecular flexibility index (Phi) is 3.87. The molecular formula is C15H14N4OS. The van der Waals surface area contributed by atoms with E-state index in [-0.39, 0.29) is 5.91 Å². The highest BCUT2D eigenvalue weighted by molar-refractivity contribution is 7.99. The summed E-state index contributed by atoms with van der Waals surface area (Å²) in [6, 6.07) is 13.9. The van der Waals surface area contributed by atoms with E-state index in [4.69, 9.17) is 0 Å². The third-order valence-electron chi connectivity index (χ3n) is 3.04. The Hall–Kier alpha value is -2.34. The molecule has 1 amide bonds. The Morgan fingerprint density at radius 1 is 1.24 bits per heavy atom. The quantitative estimate of drug-likeness (QED) is 0.752. The zero-order chi connectivity index (χ0) is 14.7. The fraction of sp³-hybridized carbons (Fsp3) is 0.133. The molecule has 0 fully saturated rings. The number of rotatable bonds is 4. The minimum absolute atomic E-state index is 0.0571. The van der Waals surface area contributed by atoms with Gasteiger partial charge in [0.25, 0.3) is 0 Å². The molecule has 3 aromatic rings. The van der Waals surface area contributed by atoms with Crippen molar-refractivity contribution in [2.45, 2.75) is 5.16 Å². The molecule has 0 aliphatic rings. The van der Waals surface area contributed by atoms with Gasteiger partial charge in [-0.15, -0.1) is 10.2 Å². The first-order valence-electron chi connectivity index (χ1n) is 6.48. The van der Waals surface area contributed by atoms with Gasteiger partial charge in [-0.25, -0.2) is 0 Å². The first kappa shape index (κ1) is 13.6. The van der Waals surface area contributed by atoms with Crippen LogP contribution >= 0.6 is 11.8 Å². The molecule has 0 aliphatic heterocycles. The molecule has 0 atom stereocenters. The second-order valence-electron chi connectivity index (χ2n) is 4.62. The van der Waals surface area contributed by atoms with Gasteiger partial charge < -0.3 is 9.88 Å². The summed E-state index contributed by atoms with van der Waals surface area (Å²) >= 11 is 1.36. The maximum atomic E-state index is 12.0. The van der Waals surface area contributed by atoms with Crippen molar-refractivity contribution in [1.82, 2.24) is 14.8 Å². The number of thioether (sulfide) groups is 1. The van der Waals surface area contributed by atoms with Crippen LogP contribution in [0.4, 0.5) is 5.69 Å². The lowest BCUT2D eigenvalue weighted by Crippen LogP contribution is -2.14. The van der Waals surface area contributed by atoms with Crippen molar-refractivity contribution in [3.63, 3.8) is 0 Å². The number of amides is 1. The molecule has 0 radical (unpaired) electrons. The predicted octanol–water partition coefficient (Wildman–Crippen LogP) is 2.70. The van der Waals surface area contributed by atoms with Gasteiger partial charge in [-0.3, -0.25) is 4.79 Å². The fourth-order valence-corrected chi connectivity index (χ4v) is 2.69. The summed E-state index contributed by atoms with van der Waals surface area (Å²) in [7, 11) is 1.85. The van der Waals surface area contributed by atoms with Crippen LogP contribution in [-0.2, 0) is 11.8 Å². The molecule has 1 aromatic heterocycles. The Balaban J connectivity index is 1.64. The van der Waals surface area contributed by atoms with Gasteiger partial charge in [0.05, 0.1) is 5.75 Å². The molecule has 106 valence electrons. The monoisotopic (exact) mass is 298 g/mol. The number of aromatic nitrogens is 3. The summed E-state index contributed by atoms with van der Waals surface area (Å²) < 4.78 is 1.79. The number of anilines is 1. The molecule has 0 saturated heterocycles. The van der Waals surface area contributed by atoms with Gasteiger partial charge in [-0.05, 0) is 22.9 Å². The van der Waals surface area contributed by atoms with Gasteiger partial charge in [0, 0.05) is 12.7 Å². The highest BCUT2D eigenvalue weighted by atomic mass is 32.2. The second kappa shape index (κ2) is 5.97. The second-order valence-corrected chi connectivity index (χ2v) is 5.57. The summed E-state index contributed by atoms with van der Waals surface area (Å²) in [5, 5.41) is 13.6. The largest absolute Gasteiger partial charge is 0.325 e. The molecule has 1 heterocycles. The summed E-state index contributed by atoms with van der Waals surface area (Å²) in [5.74, 6) is 0.248. The molecule has 6 heteroatoms. The summed E-state index contributed by atoms with van der Waals surface area (Å²) in [6.07, 6.45) is 1.61. The van der Waals surface area contributed by atoms with Crippen molar-refractivity contribution in [3.8, 4) is 0 Å². The van der Waals surface area contributed by atoms with Crippen molar-refractivity contribution < 1.29 is 4.79 Å². The van der Waals surface area contributed by atoms with Gasteiger partial charge in [0.1, 0.15) is 6.33 Å². The molecule has 1 N–H and O–H groups in total. The van der Waals surface area contributed by atoms with Gasteiger partial charge in [0.15, 0.2) is 5.16 Å². The van der Waals surface area contributed by atoms with E-state index in [9.17, 15) is 4.79 Å². The number of nitrogens with one attached hydrogen (secondary N) is 1. The van der Waals surface area contributed by atoms with Crippen LogP contribution in [0.5, 0.6) is 0 Å². The number of benzene rings is 2. The van der Waals surface area contributed by atoms with E-state index in [1.807, 2.05) is 49.5 Å². The van der Waals surface area contributed by atoms with Crippen LogP contribution in [0.25, 0.3) is 10.8 Å². The zero-order valence-corrected chi connectivity index (χ0v) is 12.3. The lowest BCUT2D eigenvalue weighted by Gasteiger charge is -2.06. The Bertz CT molecular complexity index is 784. The average Bonchev–Trinajstić information content (AvgIpc) is 2.90. The van der Waals surface area contributed by atoms with Crippen molar-refractivity contribution in [3.05, 3.63) is 48.8 Å². The molecule has 2 aromatic carbocycles.